The van der Waals surface area contributed by atoms with E-state index in [4.69, 9.17) is 4.74 Å². The van der Waals surface area contributed by atoms with E-state index in [2.05, 4.69) is 23.5 Å². The highest BCUT2D eigenvalue weighted by atomic mass is 16.6. The van der Waals surface area contributed by atoms with Crippen molar-refractivity contribution in [2.45, 2.75) is 45.8 Å². The van der Waals surface area contributed by atoms with E-state index in [-0.39, 0.29) is 12.0 Å². The molecule has 1 atom stereocenters. The SMILES string of the molecule is Cc1ccc2c(c1)N[C@@H](C(=O)OC(C)(C)C)C2. The molecule has 0 radical (unpaired) electrons. The summed E-state index contributed by atoms with van der Waals surface area (Å²) in [6.07, 6.45) is 0.713. The fourth-order valence-corrected chi connectivity index (χ4v) is 1.98. The molecule has 92 valence electrons. The number of carbonyl (C=O) groups excluding carboxylic acids is 1. The van der Waals surface area contributed by atoms with Gasteiger partial charge in [0, 0.05) is 12.1 Å². The summed E-state index contributed by atoms with van der Waals surface area (Å²) in [5, 5.41) is 3.22. The Bertz CT molecular complexity index is 446. The summed E-state index contributed by atoms with van der Waals surface area (Å²) in [6.45, 7) is 7.70. The average Bonchev–Trinajstić information content (AvgIpc) is 2.57. The van der Waals surface area contributed by atoms with Crippen LogP contribution in [-0.4, -0.2) is 17.6 Å². The highest BCUT2D eigenvalue weighted by Gasteiger charge is 2.30. The minimum Gasteiger partial charge on any atom is -0.458 e. The van der Waals surface area contributed by atoms with Crippen LogP contribution in [0.3, 0.4) is 0 Å². The zero-order valence-corrected chi connectivity index (χ0v) is 10.8. The molecule has 0 spiro atoms. The van der Waals surface area contributed by atoms with Gasteiger partial charge in [-0.3, -0.25) is 0 Å². The zero-order valence-electron chi connectivity index (χ0n) is 10.8. The first kappa shape index (κ1) is 12.0. The third-order valence-electron chi connectivity index (χ3n) is 2.71. The predicted molar refractivity (Wildman–Crippen MR) is 68.1 cm³/mol. The Morgan fingerprint density at radius 1 is 1.41 bits per heavy atom. The first-order valence-electron chi connectivity index (χ1n) is 5.94. The molecule has 3 heteroatoms. The van der Waals surface area contributed by atoms with Crippen LogP contribution >= 0.6 is 0 Å². The number of hydrogen-bond acceptors (Lipinski definition) is 3. The van der Waals surface area contributed by atoms with Gasteiger partial charge in [0.2, 0.25) is 0 Å². The second-order valence-corrected chi connectivity index (χ2v) is 5.60. The van der Waals surface area contributed by atoms with Crippen molar-refractivity contribution >= 4 is 11.7 Å². The largest absolute Gasteiger partial charge is 0.458 e. The lowest BCUT2D eigenvalue weighted by Gasteiger charge is -2.22. The summed E-state index contributed by atoms with van der Waals surface area (Å²) in [7, 11) is 0. The van der Waals surface area contributed by atoms with E-state index in [0.29, 0.717) is 6.42 Å². The molecule has 2 rings (SSSR count). The number of carbonyl (C=O) groups is 1. The van der Waals surface area contributed by atoms with E-state index < -0.39 is 5.60 Å². The van der Waals surface area contributed by atoms with Crippen LogP contribution in [0.5, 0.6) is 0 Å². The van der Waals surface area contributed by atoms with Crippen molar-refractivity contribution in [1.82, 2.24) is 0 Å². The molecule has 1 aromatic carbocycles. The number of hydrogen-bond donors (Lipinski definition) is 1. The lowest BCUT2D eigenvalue weighted by Crippen LogP contribution is -2.35. The topological polar surface area (TPSA) is 38.3 Å². The molecule has 0 fully saturated rings. The number of nitrogens with one attached hydrogen (secondary N) is 1. The molecule has 0 aliphatic carbocycles. The van der Waals surface area contributed by atoms with Crippen molar-refractivity contribution in [3.05, 3.63) is 29.3 Å². The Kier molecular flexibility index (Phi) is 2.86. The number of anilines is 1. The quantitative estimate of drug-likeness (QED) is 0.758. The lowest BCUT2D eigenvalue weighted by molar-refractivity contribution is -0.155. The van der Waals surface area contributed by atoms with Gasteiger partial charge in [0.05, 0.1) is 0 Å². The number of fused-ring (bicyclic) bond motifs is 1. The molecule has 0 saturated carbocycles. The highest BCUT2D eigenvalue weighted by Crippen LogP contribution is 2.27. The maximum Gasteiger partial charge on any atom is 0.329 e. The molecule has 0 unspecified atom stereocenters. The van der Waals surface area contributed by atoms with Gasteiger partial charge in [0.1, 0.15) is 11.6 Å². The normalized spacial score (nSPS) is 18.5. The average molecular weight is 233 g/mol. The van der Waals surface area contributed by atoms with E-state index in [0.717, 1.165) is 5.69 Å². The molecule has 1 aromatic rings. The summed E-state index contributed by atoms with van der Waals surface area (Å²) >= 11 is 0. The Hall–Kier alpha value is -1.51. The van der Waals surface area contributed by atoms with Gasteiger partial charge < -0.3 is 10.1 Å². The fourth-order valence-electron chi connectivity index (χ4n) is 1.98. The summed E-state index contributed by atoms with van der Waals surface area (Å²) in [4.78, 5) is 11.9. The van der Waals surface area contributed by atoms with Crippen LogP contribution < -0.4 is 5.32 Å². The minimum absolute atomic E-state index is 0.175. The van der Waals surface area contributed by atoms with Crippen LogP contribution in [0, 0.1) is 6.92 Å². The number of benzene rings is 1. The summed E-state index contributed by atoms with van der Waals surface area (Å²) < 4.78 is 5.38. The van der Waals surface area contributed by atoms with Crippen LogP contribution in [-0.2, 0) is 16.0 Å². The predicted octanol–water partition coefficient (Wildman–Crippen LogP) is 2.67. The van der Waals surface area contributed by atoms with Crippen molar-refractivity contribution in [3.8, 4) is 0 Å². The second kappa shape index (κ2) is 4.06. The number of aryl methyl sites for hydroxylation is 1. The maximum atomic E-state index is 11.9. The molecule has 0 amide bonds. The van der Waals surface area contributed by atoms with E-state index in [1.807, 2.05) is 27.7 Å². The van der Waals surface area contributed by atoms with E-state index in [1.54, 1.807) is 0 Å². The monoisotopic (exact) mass is 233 g/mol. The van der Waals surface area contributed by atoms with Crippen LogP contribution in [0.15, 0.2) is 18.2 Å². The molecule has 0 aromatic heterocycles. The maximum absolute atomic E-state index is 11.9. The molecule has 0 bridgehead atoms. The van der Waals surface area contributed by atoms with E-state index >= 15 is 0 Å². The molecular weight excluding hydrogens is 214 g/mol. The lowest BCUT2D eigenvalue weighted by atomic mass is 10.1. The third kappa shape index (κ3) is 2.78. The van der Waals surface area contributed by atoms with Gasteiger partial charge in [-0.1, -0.05) is 12.1 Å². The summed E-state index contributed by atoms with van der Waals surface area (Å²) in [6, 6.07) is 5.96. The smallest absolute Gasteiger partial charge is 0.329 e. The first-order chi connectivity index (χ1) is 7.85. The first-order valence-corrected chi connectivity index (χ1v) is 5.94. The van der Waals surface area contributed by atoms with Crippen molar-refractivity contribution < 1.29 is 9.53 Å². The number of esters is 1. The Labute approximate surface area is 102 Å². The van der Waals surface area contributed by atoms with Crippen LogP contribution in [0.1, 0.15) is 31.9 Å². The molecule has 1 N–H and O–H groups in total. The Morgan fingerprint density at radius 2 is 2.12 bits per heavy atom. The van der Waals surface area contributed by atoms with Gasteiger partial charge in [-0.25, -0.2) is 4.79 Å². The van der Waals surface area contributed by atoms with Gasteiger partial charge >= 0.3 is 5.97 Å². The number of ether oxygens (including phenoxy) is 1. The van der Waals surface area contributed by atoms with Crippen molar-refractivity contribution in [3.63, 3.8) is 0 Å². The van der Waals surface area contributed by atoms with Gasteiger partial charge in [0.25, 0.3) is 0 Å². The summed E-state index contributed by atoms with van der Waals surface area (Å²) in [5.74, 6) is -0.175. The minimum atomic E-state index is -0.427. The molecule has 1 heterocycles. The molecule has 0 saturated heterocycles. The van der Waals surface area contributed by atoms with E-state index in [9.17, 15) is 4.79 Å². The number of rotatable bonds is 1. The molecule has 17 heavy (non-hydrogen) atoms. The van der Waals surface area contributed by atoms with Crippen molar-refractivity contribution in [2.75, 3.05) is 5.32 Å². The van der Waals surface area contributed by atoms with E-state index in [1.165, 1.54) is 11.1 Å². The van der Waals surface area contributed by atoms with Gasteiger partial charge in [0.15, 0.2) is 0 Å². The Morgan fingerprint density at radius 3 is 2.76 bits per heavy atom. The van der Waals surface area contributed by atoms with Crippen LogP contribution in [0.4, 0.5) is 5.69 Å². The standard InChI is InChI=1S/C14H19NO2/c1-9-5-6-10-8-12(15-11(10)7-9)13(16)17-14(2,3)4/h5-7,12,15H,8H2,1-4H3/t12-/m1/s1. The van der Waals surface area contributed by atoms with Gasteiger partial charge in [-0.15, -0.1) is 0 Å². The highest BCUT2D eigenvalue weighted by molar-refractivity contribution is 5.83. The molecule has 1 aliphatic heterocycles. The van der Waals surface area contributed by atoms with Gasteiger partial charge in [-0.2, -0.15) is 0 Å². The fraction of sp³-hybridized carbons (Fsp3) is 0.500. The second-order valence-electron chi connectivity index (χ2n) is 5.60. The van der Waals surface area contributed by atoms with Gasteiger partial charge in [-0.05, 0) is 44.9 Å². The third-order valence-corrected chi connectivity index (χ3v) is 2.71. The van der Waals surface area contributed by atoms with Crippen molar-refractivity contribution in [1.29, 1.82) is 0 Å². The molecule has 3 nitrogen and oxygen atoms in total. The molecular formula is C14H19NO2. The van der Waals surface area contributed by atoms with Crippen molar-refractivity contribution in [2.24, 2.45) is 0 Å². The summed E-state index contributed by atoms with van der Waals surface area (Å²) in [5.41, 5.74) is 3.01. The molecule has 1 aliphatic rings. The van der Waals surface area contributed by atoms with Crippen LogP contribution in [0.2, 0.25) is 0 Å². The van der Waals surface area contributed by atoms with Crippen LogP contribution in [0.25, 0.3) is 0 Å². The Balaban J connectivity index is 2.07. The zero-order chi connectivity index (χ0) is 12.6.